The molecule has 0 atom stereocenters. The van der Waals surface area contributed by atoms with E-state index in [1.54, 1.807) is 0 Å². The first-order valence-electron chi connectivity index (χ1n) is 5.51. The molecule has 1 aromatic heterocycles. The number of H-pyrrole nitrogens is 1. The molecule has 0 fully saturated rings. The predicted octanol–water partition coefficient (Wildman–Crippen LogP) is 3.65. The summed E-state index contributed by atoms with van der Waals surface area (Å²) in [7, 11) is 0. The number of halogens is 1. The molecule has 0 unspecified atom stereocenters. The van der Waals surface area contributed by atoms with Crippen molar-refractivity contribution >= 4 is 28.3 Å². The number of Topliss-reactive ketones (excluding diaryl/α,β-unsaturated/α-hetero) is 1. The third kappa shape index (κ3) is 1.23. The second kappa shape index (κ2) is 3.36. The van der Waals surface area contributed by atoms with Crippen molar-refractivity contribution in [3.05, 3.63) is 34.0 Å². The van der Waals surface area contributed by atoms with Crippen LogP contribution in [0.5, 0.6) is 0 Å². The van der Waals surface area contributed by atoms with Crippen LogP contribution in [0.1, 0.15) is 34.5 Å². The summed E-state index contributed by atoms with van der Waals surface area (Å²) in [6, 6.07) is 3.99. The van der Waals surface area contributed by atoms with Gasteiger partial charge in [-0.2, -0.15) is 0 Å². The summed E-state index contributed by atoms with van der Waals surface area (Å²) in [6.45, 7) is 1.99. The van der Waals surface area contributed by atoms with E-state index in [9.17, 15) is 4.79 Å². The number of nitrogens with one attached hydrogen (secondary N) is 1. The summed E-state index contributed by atoms with van der Waals surface area (Å²) in [5, 5.41) is 1.83. The van der Waals surface area contributed by atoms with Crippen molar-refractivity contribution in [3.63, 3.8) is 0 Å². The monoisotopic (exact) mass is 233 g/mol. The number of hydrogen-bond acceptors (Lipinski definition) is 1. The minimum atomic E-state index is 0.214. The average Bonchev–Trinajstić information content (AvgIpc) is 2.64. The third-order valence-corrected chi connectivity index (χ3v) is 3.79. The molecule has 1 heterocycles. The molecule has 82 valence electrons. The van der Waals surface area contributed by atoms with Crippen LogP contribution in [0.25, 0.3) is 10.9 Å². The van der Waals surface area contributed by atoms with E-state index in [0.29, 0.717) is 6.42 Å². The van der Waals surface area contributed by atoms with Crippen LogP contribution in [-0.2, 0) is 6.42 Å². The highest BCUT2D eigenvalue weighted by atomic mass is 35.5. The molecule has 3 heteroatoms. The van der Waals surface area contributed by atoms with Crippen molar-refractivity contribution in [2.24, 2.45) is 0 Å². The molecule has 0 spiro atoms. The fraction of sp³-hybridized carbons (Fsp3) is 0.308. The first-order chi connectivity index (χ1) is 7.68. The molecule has 0 radical (unpaired) electrons. The van der Waals surface area contributed by atoms with Crippen LogP contribution < -0.4 is 0 Å². The maximum atomic E-state index is 11.8. The Bertz CT molecular complexity index is 597. The highest BCUT2D eigenvalue weighted by Crippen LogP contribution is 2.35. The predicted molar refractivity (Wildman–Crippen MR) is 65.3 cm³/mol. The Morgan fingerprint density at radius 3 is 2.94 bits per heavy atom. The van der Waals surface area contributed by atoms with Crippen LogP contribution in [0.2, 0.25) is 5.02 Å². The first kappa shape index (κ1) is 9.91. The van der Waals surface area contributed by atoms with Gasteiger partial charge in [0.15, 0.2) is 5.78 Å². The number of aromatic amines is 1. The number of hydrogen-bond donors (Lipinski definition) is 1. The minimum absolute atomic E-state index is 0.214. The van der Waals surface area contributed by atoms with Gasteiger partial charge in [0.2, 0.25) is 0 Å². The zero-order valence-corrected chi connectivity index (χ0v) is 9.82. The van der Waals surface area contributed by atoms with E-state index in [-0.39, 0.29) is 5.78 Å². The van der Waals surface area contributed by atoms with Gasteiger partial charge in [0.25, 0.3) is 0 Å². The number of carbonyl (C=O) groups excluding carboxylic acids is 1. The summed E-state index contributed by atoms with van der Waals surface area (Å²) >= 11 is 6.32. The van der Waals surface area contributed by atoms with E-state index < -0.39 is 0 Å². The summed E-state index contributed by atoms with van der Waals surface area (Å²) in [5.41, 5.74) is 3.93. The molecule has 0 amide bonds. The second-order valence-electron chi connectivity index (χ2n) is 4.37. The lowest BCUT2D eigenvalue weighted by Gasteiger charge is -2.10. The molecule has 2 nitrogen and oxygen atoms in total. The molecule has 0 bridgehead atoms. The molecule has 1 aliphatic rings. The van der Waals surface area contributed by atoms with Gasteiger partial charge in [-0.25, -0.2) is 0 Å². The van der Waals surface area contributed by atoms with Crippen LogP contribution in [0.4, 0.5) is 0 Å². The lowest BCUT2D eigenvalue weighted by molar-refractivity contribution is 0.0968. The van der Waals surface area contributed by atoms with Crippen molar-refractivity contribution < 1.29 is 4.79 Å². The zero-order chi connectivity index (χ0) is 11.3. The summed E-state index contributed by atoms with van der Waals surface area (Å²) in [5.74, 6) is 0.214. The molecule has 0 saturated heterocycles. The van der Waals surface area contributed by atoms with Crippen molar-refractivity contribution in [1.82, 2.24) is 4.98 Å². The fourth-order valence-corrected chi connectivity index (χ4v) is 2.73. The van der Waals surface area contributed by atoms with Gasteiger partial charge in [-0.3, -0.25) is 4.79 Å². The molecule has 1 aliphatic carbocycles. The van der Waals surface area contributed by atoms with E-state index in [4.69, 9.17) is 11.6 Å². The number of benzene rings is 1. The van der Waals surface area contributed by atoms with E-state index >= 15 is 0 Å². The van der Waals surface area contributed by atoms with E-state index in [1.165, 1.54) is 0 Å². The quantitative estimate of drug-likeness (QED) is 0.740. The van der Waals surface area contributed by atoms with Gasteiger partial charge in [0, 0.05) is 17.3 Å². The van der Waals surface area contributed by atoms with Crippen molar-refractivity contribution in [2.45, 2.75) is 26.2 Å². The van der Waals surface area contributed by atoms with Crippen molar-refractivity contribution in [3.8, 4) is 0 Å². The number of fused-ring (bicyclic) bond motifs is 3. The minimum Gasteiger partial charge on any atom is -0.352 e. The van der Waals surface area contributed by atoms with E-state index in [2.05, 4.69) is 4.98 Å². The Hall–Kier alpha value is -1.28. The average molecular weight is 234 g/mol. The first-order valence-corrected chi connectivity index (χ1v) is 5.89. The smallest absolute Gasteiger partial charge is 0.179 e. The van der Waals surface area contributed by atoms with Crippen molar-refractivity contribution in [2.75, 3.05) is 0 Å². The number of aromatic nitrogens is 1. The lowest BCUT2D eigenvalue weighted by Crippen LogP contribution is -2.09. The molecule has 3 rings (SSSR count). The number of ketones is 1. The Morgan fingerprint density at radius 1 is 1.31 bits per heavy atom. The zero-order valence-electron chi connectivity index (χ0n) is 9.06. The maximum absolute atomic E-state index is 11.8. The standard InChI is InChI=1S/C13H12ClNO/c1-7-5-6-9-11(12(7)14)8-3-2-4-10(16)13(8)15-9/h5-6,15H,2-4H2,1H3. The highest BCUT2D eigenvalue weighted by molar-refractivity contribution is 6.36. The van der Waals surface area contributed by atoms with Gasteiger partial charge in [-0.1, -0.05) is 17.7 Å². The van der Waals surface area contributed by atoms with Gasteiger partial charge in [0.05, 0.1) is 10.7 Å². The maximum Gasteiger partial charge on any atom is 0.179 e. The lowest BCUT2D eigenvalue weighted by atomic mass is 9.94. The number of rotatable bonds is 0. The Kier molecular flexibility index (Phi) is 2.08. The van der Waals surface area contributed by atoms with Crippen LogP contribution in [0.15, 0.2) is 12.1 Å². The molecule has 1 aromatic carbocycles. The summed E-state index contributed by atoms with van der Waals surface area (Å²) in [6.07, 6.45) is 2.53. The van der Waals surface area contributed by atoms with Gasteiger partial charge >= 0.3 is 0 Å². The van der Waals surface area contributed by atoms with E-state index in [1.807, 2.05) is 19.1 Å². The van der Waals surface area contributed by atoms with Gasteiger partial charge in [0.1, 0.15) is 0 Å². The SMILES string of the molecule is Cc1ccc2[nH]c3c(c2c1Cl)CCCC3=O. The number of carbonyl (C=O) groups is 1. The molecule has 2 aromatic rings. The molecule has 0 aliphatic heterocycles. The van der Waals surface area contributed by atoms with Crippen LogP contribution in [0.3, 0.4) is 0 Å². The van der Waals surface area contributed by atoms with Crippen molar-refractivity contribution in [1.29, 1.82) is 0 Å². The molecular formula is C13H12ClNO. The summed E-state index contributed by atoms with van der Waals surface area (Å²) < 4.78 is 0. The van der Waals surface area contributed by atoms with Gasteiger partial charge < -0.3 is 4.98 Å². The fourth-order valence-electron chi connectivity index (χ4n) is 2.45. The van der Waals surface area contributed by atoms with E-state index in [0.717, 1.165) is 45.6 Å². The Labute approximate surface area is 98.6 Å². The number of aryl methyl sites for hydroxylation is 2. The van der Waals surface area contributed by atoms with Crippen LogP contribution in [-0.4, -0.2) is 10.8 Å². The Morgan fingerprint density at radius 2 is 2.12 bits per heavy atom. The summed E-state index contributed by atoms with van der Waals surface area (Å²) in [4.78, 5) is 15.0. The molecule has 16 heavy (non-hydrogen) atoms. The van der Waals surface area contributed by atoms with Crippen LogP contribution in [0, 0.1) is 6.92 Å². The molecule has 0 saturated carbocycles. The topological polar surface area (TPSA) is 32.9 Å². The van der Waals surface area contributed by atoms with Crippen LogP contribution >= 0.6 is 11.6 Å². The van der Waals surface area contributed by atoms with Gasteiger partial charge in [-0.15, -0.1) is 0 Å². The highest BCUT2D eigenvalue weighted by Gasteiger charge is 2.23. The third-order valence-electron chi connectivity index (χ3n) is 3.31. The van der Waals surface area contributed by atoms with Gasteiger partial charge in [-0.05, 0) is 37.0 Å². The normalized spacial score (nSPS) is 15.5. The molecular weight excluding hydrogens is 222 g/mol. The Balaban J connectivity index is 2.42. The second-order valence-corrected chi connectivity index (χ2v) is 4.75. The largest absolute Gasteiger partial charge is 0.352 e. The molecule has 1 N–H and O–H groups in total.